The molecule has 1 radical (unpaired) electrons. The molecule has 0 unspecified atom stereocenters. The van der Waals surface area contributed by atoms with Crippen molar-refractivity contribution in [2.75, 3.05) is 0 Å². The second kappa shape index (κ2) is 9.90. The number of allylic oxidation sites excluding steroid dienone is 2. The molecule has 5 rings (SSSR count). The molecule has 163 valence electrons. The second-order valence-electron chi connectivity index (χ2n) is 7.45. The summed E-state index contributed by atoms with van der Waals surface area (Å²) in [4.78, 5) is 14.9. The molecule has 0 aliphatic heterocycles. The molecule has 0 spiro atoms. The zero-order valence-electron chi connectivity index (χ0n) is 18.0. The van der Waals surface area contributed by atoms with E-state index in [0.29, 0.717) is 0 Å². The number of aromatic nitrogens is 1. The van der Waals surface area contributed by atoms with E-state index in [-0.39, 0.29) is 31.6 Å². The number of rotatable bonds is 2. The van der Waals surface area contributed by atoms with Crippen LogP contribution in [0.2, 0.25) is 0 Å². The van der Waals surface area contributed by atoms with Gasteiger partial charge >= 0.3 is 0 Å². The van der Waals surface area contributed by atoms with Gasteiger partial charge in [0.05, 0.1) is 17.5 Å². The molecule has 5 aromatic rings. The third kappa shape index (κ3) is 4.80. The number of furan rings is 1. The first-order chi connectivity index (χ1) is 14.9. The van der Waals surface area contributed by atoms with Gasteiger partial charge in [0.25, 0.3) is 0 Å². The van der Waals surface area contributed by atoms with Crippen molar-refractivity contribution >= 4 is 38.4 Å². The molecule has 0 aliphatic rings. The molecule has 32 heavy (non-hydrogen) atoms. The molecule has 0 saturated carbocycles. The average molecular weight is 601 g/mol. The number of aryl methyl sites for hydroxylation is 1. The largest absolute Gasteiger partial charge is 0.512 e. The van der Waals surface area contributed by atoms with Gasteiger partial charge in [-0.3, -0.25) is 9.78 Å². The molecule has 2 heterocycles. The van der Waals surface area contributed by atoms with Gasteiger partial charge in [0.2, 0.25) is 0 Å². The Kier molecular flexibility index (Phi) is 7.24. The van der Waals surface area contributed by atoms with E-state index in [2.05, 4.69) is 43.3 Å². The summed E-state index contributed by atoms with van der Waals surface area (Å²) in [7, 11) is 0. The fraction of sp³-hybridized carbons (Fsp3) is 0.111. The summed E-state index contributed by atoms with van der Waals surface area (Å²) >= 11 is 0. The van der Waals surface area contributed by atoms with Crippen LogP contribution in [-0.4, -0.2) is 15.9 Å². The summed E-state index contributed by atoms with van der Waals surface area (Å²) in [6.07, 6.45) is 2.90. The third-order valence-electron chi connectivity index (χ3n) is 4.98. The van der Waals surface area contributed by atoms with E-state index in [1.807, 2.05) is 30.3 Å². The Balaban J connectivity index is 0.000000318. The zero-order chi connectivity index (χ0) is 22.0. The van der Waals surface area contributed by atoms with Gasteiger partial charge in [-0.15, -0.1) is 29.7 Å². The maximum atomic E-state index is 10.0. The van der Waals surface area contributed by atoms with Crippen molar-refractivity contribution in [2.45, 2.75) is 20.8 Å². The number of carbonyl (C=O) groups excluding carboxylic acids is 1. The van der Waals surface area contributed by atoms with E-state index in [0.717, 1.165) is 38.5 Å². The van der Waals surface area contributed by atoms with Crippen molar-refractivity contribution in [2.24, 2.45) is 0 Å². The number of benzene rings is 3. The van der Waals surface area contributed by atoms with E-state index in [4.69, 9.17) is 14.5 Å². The number of carbonyl (C=O) groups is 1. The van der Waals surface area contributed by atoms with Crippen LogP contribution in [0.15, 0.2) is 83.2 Å². The van der Waals surface area contributed by atoms with Crippen molar-refractivity contribution in [1.82, 2.24) is 4.98 Å². The number of para-hydroxylation sites is 1. The van der Waals surface area contributed by atoms with Crippen LogP contribution in [0.3, 0.4) is 0 Å². The van der Waals surface area contributed by atoms with Crippen LogP contribution in [0.25, 0.3) is 43.9 Å². The van der Waals surface area contributed by atoms with Gasteiger partial charge in [-0.2, -0.15) is 0 Å². The molecule has 0 saturated heterocycles. The standard InChI is InChI=1S/C22H14NO.C5H8O2.Ir/c1-14-5-4-6-15-13-16(9-10-17(14)15)21-19-11-12-24-22(19)18-7-2-3-8-20(18)23-21;1-4(6)3-5(2)7;/h2-12H,1H3;3,6H,1-2H3;/q-1;;/b;4-3-;. The Hall–Kier alpha value is -3.27. The van der Waals surface area contributed by atoms with Crippen LogP contribution in [0.1, 0.15) is 19.4 Å². The molecule has 3 aromatic carbocycles. The summed E-state index contributed by atoms with van der Waals surface area (Å²) in [5, 5.41) is 12.8. The van der Waals surface area contributed by atoms with E-state index < -0.39 is 0 Å². The molecule has 5 heteroatoms. The SMILES string of the molecule is CC(=O)/C=C(/C)O.Cc1cccc2[c-]c(-c3nc4ccccc4c4occc34)ccc12.[Ir]. The molecular formula is C27H22IrNO3-. The van der Waals surface area contributed by atoms with Gasteiger partial charge < -0.3 is 9.52 Å². The van der Waals surface area contributed by atoms with Gasteiger partial charge in [0, 0.05) is 42.6 Å². The Morgan fingerprint density at radius 2 is 1.75 bits per heavy atom. The summed E-state index contributed by atoms with van der Waals surface area (Å²) in [6.45, 7) is 4.97. The minimum absolute atomic E-state index is 0. The van der Waals surface area contributed by atoms with Crippen LogP contribution in [-0.2, 0) is 24.9 Å². The predicted octanol–water partition coefficient (Wildman–Crippen LogP) is 6.94. The van der Waals surface area contributed by atoms with E-state index in [1.165, 1.54) is 30.9 Å². The van der Waals surface area contributed by atoms with Crippen LogP contribution in [0.4, 0.5) is 0 Å². The number of ketones is 1. The van der Waals surface area contributed by atoms with E-state index in [1.54, 1.807) is 6.26 Å². The maximum absolute atomic E-state index is 10.0. The molecular weight excluding hydrogens is 579 g/mol. The Labute approximate surface area is 199 Å². The monoisotopic (exact) mass is 601 g/mol. The number of hydrogen-bond donors (Lipinski definition) is 1. The van der Waals surface area contributed by atoms with Crippen LogP contribution in [0.5, 0.6) is 0 Å². The number of pyridine rings is 1. The van der Waals surface area contributed by atoms with Gasteiger partial charge in [0.15, 0.2) is 5.78 Å². The minimum Gasteiger partial charge on any atom is -0.512 e. The van der Waals surface area contributed by atoms with Crippen molar-refractivity contribution in [3.8, 4) is 11.3 Å². The average Bonchev–Trinajstić information content (AvgIpc) is 3.23. The van der Waals surface area contributed by atoms with E-state index in [9.17, 15) is 4.79 Å². The molecule has 0 bridgehead atoms. The van der Waals surface area contributed by atoms with Crippen molar-refractivity contribution in [1.29, 1.82) is 0 Å². The minimum atomic E-state index is -0.125. The number of aliphatic hydroxyl groups is 1. The summed E-state index contributed by atoms with van der Waals surface area (Å²) in [5.74, 6) is -0.0625. The Morgan fingerprint density at radius 3 is 2.47 bits per heavy atom. The fourth-order valence-electron chi connectivity index (χ4n) is 3.65. The molecule has 1 N–H and O–H groups in total. The summed E-state index contributed by atoms with van der Waals surface area (Å²) in [5.41, 5.74) is 4.99. The summed E-state index contributed by atoms with van der Waals surface area (Å²) < 4.78 is 5.75. The number of fused-ring (bicyclic) bond motifs is 4. The van der Waals surface area contributed by atoms with Gasteiger partial charge in [-0.25, -0.2) is 0 Å². The maximum Gasteiger partial charge on any atom is 0.155 e. The van der Waals surface area contributed by atoms with E-state index >= 15 is 0 Å². The molecule has 0 fully saturated rings. The summed E-state index contributed by atoms with van der Waals surface area (Å²) in [6, 6.07) is 24.1. The topological polar surface area (TPSA) is 63.3 Å². The molecule has 0 aliphatic carbocycles. The van der Waals surface area contributed by atoms with Crippen LogP contribution >= 0.6 is 0 Å². The normalized spacial score (nSPS) is 11.2. The first-order valence-corrected chi connectivity index (χ1v) is 10.00. The van der Waals surface area contributed by atoms with Gasteiger partial charge in [0.1, 0.15) is 5.58 Å². The molecule has 0 atom stereocenters. The second-order valence-corrected chi connectivity index (χ2v) is 7.45. The predicted molar refractivity (Wildman–Crippen MR) is 125 cm³/mol. The number of aliphatic hydroxyl groups excluding tert-OH is 1. The van der Waals surface area contributed by atoms with Crippen molar-refractivity contribution in [3.05, 3.63) is 90.4 Å². The first-order valence-electron chi connectivity index (χ1n) is 10.00. The van der Waals surface area contributed by atoms with Gasteiger partial charge in [-0.1, -0.05) is 40.8 Å². The van der Waals surface area contributed by atoms with Gasteiger partial charge in [-0.05, 0) is 39.0 Å². The van der Waals surface area contributed by atoms with Crippen molar-refractivity contribution in [3.63, 3.8) is 0 Å². The first kappa shape index (κ1) is 23.4. The molecule has 2 aromatic heterocycles. The van der Waals surface area contributed by atoms with Crippen molar-refractivity contribution < 1.29 is 34.4 Å². The smallest absolute Gasteiger partial charge is 0.155 e. The van der Waals surface area contributed by atoms with Crippen LogP contribution < -0.4 is 0 Å². The zero-order valence-corrected chi connectivity index (χ0v) is 20.4. The van der Waals surface area contributed by atoms with Crippen LogP contribution in [0, 0.1) is 13.0 Å². The number of hydrogen-bond acceptors (Lipinski definition) is 4. The number of nitrogens with zero attached hydrogens (tertiary/aromatic N) is 1. The Bertz CT molecular complexity index is 1450. The molecule has 0 amide bonds. The third-order valence-corrected chi connectivity index (χ3v) is 4.98. The fourth-order valence-corrected chi connectivity index (χ4v) is 3.65. The quantitative estimate of drug-likeness (QED) is 0.135. The molecule has 4 nitrogen and oxygen atoms in total. The Morgan fingerprint density at radius 1 is 0.969 bits per heavy atom.